The number of piperazine rings is 1. The number of benzene rings is 1. The van der Waals surface area contributed by atoms with Gasteiger partial charge in [-0.1, -0.05) is 0 Å². The molecule has 0 aliphatic carbocycles. The zero-order valence-electron chi connectivity index (χ0n) is 12.7. The predicted molar refractivity (Wildman–Crippen MR) is 86.1 cm³/mol. The number of hydrogen-bond acceptors (Lipinski definition) is 8. The molecule has 24 heavy (non-hydrogen) atoms. The maximum Gasteiger partial charge on any atom is 0.269 e. The van der Waals surface area contributed by atoms with Crippen molar-refractivity contribution in [2.45, 2.75) is 0 Å². The second-order valence-corrected chi connectivity index (χ2v) is 5.47. The van der Waals surface area contributed by atoms with E-state index in [0.29, 0.717) is 5.65 Å². The predicted octanol–water partition coefficient (Wildman–Crippen LogP) is 0.754. The summed E-state index contributed by atoms with van der Waals surface area (Å²) < 4.78 is 1.41. The van der Waals surface area contributed by atoms with Gasteiger partial charge in [0.15, 0.2) is 11.5 Å². The van der Waals surface area contributed by atoms with Crippen LogP contribution >= 0.6 is 0 Å². The standard InChI is InChI=1S/C14H14N8O2/c23-22(24)12-3-1-11(2-4-12)19-7-9-20(10-8-19)14-6-5-13-15-17-18-21(13)16-14/h1-6H,7-10H2. The molecule has 1 saturated heterocycles. The Kier molecular flexibility index (Phi) is 3.41. The zero-order chi connectivity index (χ0) is 16.5. The minimum absolute atomic E-state index is 0.108. The molecule has 1 aromatic carbocycles. The van der Waals surface area contributed by atoms with E-state index in [9.17, 15) is 10.1 Å². The number of nitrogens with zero attached hydrogens (tertiary/aromatic N) is 8. The van der Waals surface area contributed by atoms with E-state index in [1.165, 1.54) is 16.8 Å². The van der Waals surface area contributed by atoms with Crippen molar-refractivity contribution in [3.05, 3.63) is 46.5 Å². The third-order valence-electron chi connectivity index (χ3n) is 4.08. The monoisotopic (exact) mass is 326 g/mol. The topological polar surface area (TPSA) is 106 Å². The number of tetrazole rings is 1. The van der Waals surface area contributed by atoms with Crippen LogP contribution in [-0.4, -0.2) is 56.4 Å². The molecule has 10 heteroatoms. The van der Waals surface area contributed by atoms with Crippen molar-refractivity contribution in [1.29, 1.82) is 0 Å². The van der Waals surface area contributed by atoms with Gasteiger partial charge >= 0.3 is 0 Å². The van der Waals surface area contributed by atoms with Gasteiger partial charge in [0.1, 0.15) is 0 Å². The highest BCUT2D eigenvalue weighted by molar-refractivity contribution is 5.53. The van der Waals surface area contributed by atoms with E-state index >= 15 is 0 Å². The first kappa shape index (κ1) is 14.3. The van der Waals surface area contributed by atoms with Crippen LogP contribution in [0.5, 0.6) is 0 Å². The number of hydrogen-bond donors (Lipinski definition) is 0. The number of aromatic nitrogens is 5. The molecular weight excluding hydrogens is 312 g/mol. The molecule has 0 atom stereocenters. The van der Waals surface area contributed by atoms with Crippen LogP contribution in [0.3, 0.4) is 0 Å². The van der Waals surface area contributed by atoms with Crippen molar-refractivity contribution in [3.8, 4) is 0 Å². The molecular formula is C14H14N8O2. The molecule has 0 unspecified atom stereocenters. The van der Waals surface area contributed by atoms with Gasteiger partial charge in [0, 0.05) is 44.0 Å². The van der Waals surface area contributed by atoms with Crippen LogP contribution in [0.4, 0.5) is 17.2 Å². The highest BCUT2D eigenvalue weighted by Gasteiger charge is 2.19. The summed E-state index contributed by atoms with van der Waals surface area (Å²) in [5.74, 6) is 0.832. The number of nitro groups is 1. The lowest BCUT2D eigenvalue weighted by Gasteiger charge is -2.36. The van der Waals surface area contributed by atoms with Gasteiger partial charge < -0.3 is 9.80 Å². The van der Waals surface area contributed by atoms with Crippen molar-refractivity contribution in [2.24, 2.45) is 0 Å². The Morgan fingerprint density at radius 2 is 1.67 bits per heavy atom. The van der Waals surface area contributed by atoms with E-state index in [0.717, 1.165) is 37.7 Å². The van der Waals surface area contributed by atoms with Gasteiger partial charge in [0.05, 0.1) is 4.92 Å². The average Bonchev–Trinajstić information content (AvgIpc) is 3.09. The zero-order valence-corrected chi connectivity index (χ0v) is 12.7. The SMILES string of the molecule is O=[N+]([O-])c1ccc(N2CCN(c3ccc4nnnn4n3)CC2)cc1. The molecule has 1 fully saturated rings. The van der Waals surface area contributed by atoms with Crippen molar-refractivity contribution in [1.82, 2.24) is 25.3 Å². The number of nitro benzene ring substituents is 1. The summed E-state index contributed by atoms with van der Waals surface area (Å²) in [6.07, 6.45) is 0. The summed E-state index contributed by atoms with van der Waals surface area (Å²) in [5.41, 5.74) is 1.71. The van der Waals surface area contributed by atoms with Crippen molar-refractivity contribution in [2.75, 3.05) is 36.0 Å². The molecule has 0 saturated carbocycles. The molecule has 1 aliphatic heterocycles. The molecule has 10 nitrogen and oxygen atoms in total. The molecule has 0 radical (unpaired) electrons. The number of anilines is 2. The average molecular weight is 326 g/mol. The lowest BCUT2D eigenvalue weighted by molar-refractivity contribution is -0.384. The van der Waals surface area contributed by atoms with Crippen molar-refractivity contribution < 1.29 is 4.92 Å². The van der Waals surface area contributed by atoms with Gasteiger partial charge in [-0.25, -0.2) is 0 Å². The highest BCUT2D eigenvalue weighted by Crippen LogP contribution is 2.22. The maximum absolute atomic E-state index is 10.7. The third-order valence-corrected chi connectivity index (χ3v) is 4.08. The number of fused-ring (bicyclic) bond motifs is 1. The Labute approximate surface area is 136 Å². The largest absolute Gasteiger partial charge is 0.368 e. The van der Waals surface area contributed by atoms with E-state index in [-0.39, 0.29) is 10.6 Å². The lowest BCUT2D eigenvalue weighted by Crippen LogP contribution is -2.47. The first-order chi connectivity index (χ1) is 11.7. The van der Waals surface area contributed by atoms with Gasteiger partial charge in [0.2, 0.25) is 0 Å². The van der Waals surface area contributed by atoms with E-state index in [1.54, 1.807) is 12.1 Å². The Morgan fingerprint density at radius 1 is 0.958 bits per heavy atom. The molecule has 1 aliphatic rings. The smallest absolute Gasteiger partial charge is 0.269 e. The van der Waals surface area contributed by atoms with Gasteiger partial charge in [-0.2, -0.15) is 0 Å². The Morgan fingerprint density at radius 3 is 2.38 bits per heavy atom. The van der Waals surface area contributed by atoms with Gasteiger partial charge in [0.25, 0.3) is 5.69 Å². The van der Waals surface area contributed by atoms with E-state index in [4.69, 9.17) is 0 Å². The van der Waals surface area contributed by atoms with Gasteiger partial charge in [-0.05, 0) is 34.7 Å². The molecule has 3 aromatic rings. The van der Waals surface area contributed by atoms with Crippen molar-refractivity contribution >= 4 is 22.8 Å². The summed E-state index contributed by atoms with van der Waals surface area (Å²) in [6.45, 7) is 3.23. The molecule has 122 valence electrons. The summed E-state index contributed by atoms with van der Waals surface area (Å²) in [6, 6.07) is 10.4. The maximum atomic E-state index is 10.7. The Balaban J connectivity index is 1.45. The molecule has 4 rings (SSSR count). The Bertz CT molecular complexity index is 870. The molecule has 2 aromatic heterocycles. The first-order valence-electron chi connectivity index (χ1n) is 7.50. The van der Waals surface area contributed by atoms with E-state index in [2.05, 4.69) is 30.4 Å². The lowest BCUT2D eigenvalue weighted by atomic mass is 10.2. The van der Waals surface area contributed by atoms with E-state index in [1.807, 2.05) is 12.1 Å². The normalized spacial score (nSPS) is 15.0. The fourth-order valence-electron chi connectivity index (χ4n) is 2.79. The summed E-state index contributed by atoms with van der Waals surface area (Å²) in [4.78, 5) is 14.7. The van der Waals surface area contributed by atoms with Crippen LogP contribution < -0.4 is 9.80 Å². The Hall–Kier alpha value is -3.30. The van der Waals surface area contributed by atoms with E-state index < -0.39 is 0 Å². The number of rotatable bonds is 3. The second kappa shape index (κ2) is 5.72. The minimum atomic E-state index is -0.386. The highest BCUT2D eigenvalue weighted by atomic mass is 16.6. The molecule has 0 amide bonds. The molecule has 3 heterocycles. The third kappa shape index (κ3) is 2.57. The minimum Gasteiger partial charge on any atom is -0.368 e. The van der Waals surface area contributed by atoms with Crippen molar-refractivity contribution in [3.63, 3.8) is 0 Å². The number of non-ortho nitro benzene ring substituents is 1. The van der Waals surface area contributed by atoms with Gasteiger partial charge in [-0.3, -0.25) is 10.1 Å². The molecule has 0 spiro atoms. The van der Waals surface area contributed by atoms with Crippen LogP contribution in [0.2, 0.25) is 0 Å². The van der Waals surface area contributed by atoms with Crippen LogP contribution in [0.25, 0.3) is 5.65 Å². The summed E-state index contributed by atoms with van der Waals surface area (Å²) in [7, 11) is 0. The first-order valence-corrected chi connectivity index (χ1v) is 7.50. The molecule has 0 bridgehead atoms. The van der Waals surface area contributed by atoms with Crippen LogP contribution in [0, 0.1) is 10.1 Å². The summed E-state index contributed by atoms with van der Waals surface area (Å²) in [5, 5.41) is 26.4. The second-order valence-electron chi connectivity index (χ2n) is 5.47. The van der Waals surface area contributed by atoms with Gasteiger partial charge in [-0.15, -0.1) is 14.8 Å². The quantitative estimate of drug-likeness (QED) is 0.513. The van der Waals surface area contributed by atoms with Crippen LogP contribution in [-0.2, 0) is 0 Å². The fraction of sp³-hybridized carbons (Fsp3) is 0.286. The molecule has 0 N–H and O–H groups in total. The summed E-state index contributed by atoms with van der Waals surface area (Å²) >= 11 is 0. The van der Waals surface area contributed by atoms with Crippen LogP contribution in [0.1, 0.15) is 0 Å². The fourth-order valence-corrected chi connectivity index (χ4v) is 2.79. The van der Waals surface area contributed by atoms with Crippen LogP contribution in [0.15, 0.2) is 36.4 Å².